The van der Waals surface area contributed by atoms with Crippen molar-refractivity contribution in [1.82, 2.24) is 0 Å². The van der Waals surface area contributed by atoms with Crippen molar-refractivity contribution in [2.24, 2.45) is 17.3 Å². The van der Waals surface area contributed by atoms with E-state index in [0.717, 1.165) is 17.3 Å². The predicted molar refractivity (Wildman–Crippen MR) is 39.2 cm³/mol. The Hall–Kier alpha value is 0. The third-order valence-electron chi connectivity index (χ3n) is 3.63. The van der Waals surface area contributed by atoms with E-state index >= 15 is 0 Å². The minimum absolute atomic E-state index is 0.874. The molecule has 0 N–H and O–H groups in total. The molecule has 0 aromatic rings. The first-order chi connectivity index (χ1) is 4.23. The zero-order chi connectivity index (χ0) is 6.48. The smallest absolute Gasteiger partial charge is 0.0267 e. The van der Waals surface area contributed by atoms with Gasteiger partial charge in [0.1, 0.15) is 0 Å². The summed E-state index contributed by atoms with van der Waals surface area (Å²) in [6, 6.07) is 0. The maximum Gasteiger partial charge on any atom is -0.0267 e. The van der Waals surface area contributed by atoms with Crippen LogP contribution in [0.2, 0.25) is 0 Å². The van der Waals surface area contributed by atoms with Crippen LogP contribution in [0.1, 0.15) is 39.5 Å². The summed E-state index contributed by atoms with van der Waals surface area (Å²) in [5.74, 6) is 2.11. The van der Waals surface area contributed by atoms with Gasteiger partial charge in [-0.2, -0.15) is 0 Å². The Balaban J connectivity index is 1.97. The molecular weight excluding hydrogens is 108 g/mol. The van der Waals surface area contributed by atoms with Gasteiger partial charge in [0.15, 0.2) is 0 Å². The summed E-state index contributed by atoms with van der Waals surface area (Å²) in [4.78, 5) is 0. The van der Waals surface area contributed by atoms with Crippen molar-refractivity contribution < 1.29 is 0 Å². The molecule has 0 aliphatic heterocycles. The maximum absolute atomic E-state index is 2.43. The van der Waals surface area contributed by atoms with Gasteiger partial charge in [0, 0.05) is 0 Å². The molecule has 52 valence electrons. The summed E-state index contributed by atoms with van der Waals surface area (Å²) in [6.45, 7) is 4.81. The second-order valence-corrected chi connectivity index (χ2v) is 4.32. The Labute approximate surface area is 57.6 Å². The van der Waals surface area contributed by atoms with Crippen LogP contribution in [-0.2, 0) is 0 Å². The fourth-order valence-electron chi connectivity index (χ4n) is 2.78. The Morgan fingerprint density at radius 1 is 1.22 bits per heavy atom. The fourth-order valence-corrected chi connectivity index (χ4v) is 2.78. The van der Waals surface area contributed by atoms with E-state index in [9.17, 15) is 0 Å². The molecule has 2 fully saturated rings. The van der Waals surface area contributed by atoms with Crippen LogP contribution in [0.4, 0.5) is 0 Å². The van der Waals surface area contributed by atoms with Crippen molar-refractivity contribution in [3.05, 3.63) is 0 Å². The standard InChI is InChI=1S/C9H16/c1-7-5-9(6-7)4-3-8(9)2/h7-8H,3-6H2,1-2H3. The van der Waals surface area contributed by atoms with E-state index < -0.39 is 0 Å². The molecule has 1 atom stereocenters. The van der Waals surface area contributed by atoms with Gasteiger partial charge in [0.2, 0.25) is 0 Å². The SMILES string of the molecule is CC1CC2(CCC2C)C1. The van der Waals surface area contributed by atoms with Crippen molar-refractivity contribution >= 4 is 0 Å². The van der Waals surface area contributed by atoms with Crippen molar-refractivity contribution in [3.8, 4) is 0 Å². The fraction of sp³-hybridized carbons (Fsp3) is 1.00. The molecule has 1 spiro atoms. The summed E-state index contributed by atoms with van der Waals surface area (Å²) in [5.41, 5.74) is 0.874. The first-order valence-corrected chi connectivity index (χ1v) is 4.23. The molecule has 1 unspecified atom stereocenters. The summed E-state index contributed by atoms with van der Waals surface area (Å²) >= 11 is 0. The van der Waals surface area contributed by atoms with Crippen molar-refractivity contribution in [1.29, 1.82) is 0 Å². The van der Waals surface area contributed by atoms with Gasteiger partial charge in [0.25, 0.3) is 0 Å². The van der Waals surface area contributed by atoms with Gasteiger partial charge in [-0.3, -0.25) is 0 Å². The van der Waals surface area contributed by atoms with Gasteiger partial charge >= 0.3 is 0 Å². The summed E-state index contributed by atoms with van der Waals surface area (Å²) in [5, 5.41) is 0. The lowest BCUT2D eigenvalue weighted by Crippen LogP contribution is -2.48. The summed E-state index contributed by atoms with van der Waals surface area (Å²) < 4.78 is 0. The van der Waals surface area contributed by atoms with Crippen LogP contribution in [0.5, 0.6) is 0 Å². The van der Waals surface area contributed by atoms with Crippen LogP contribution in [0.25, 0.3) is 0 Å². The molecule has 0 radical (unpaired) electrons. The molecule has 0 bridgehead atoms. The molecule has 2 rings (SSSR count). The Kier molecular flexibility index (Phi) is 0.980. The second kappa shape index (κ2) is 1.53. The molecule has 0 heterocycles. The molecule has 0 aromatic heterocycles. The van der Waals surface area contributed by atoms with Crippen LogP contribution in [0.3, 0.4) is 0 Å². The van der Waals surface area contributed by atoms with E-state index in [0.29, 0.717) is 0 Å². The minimum atomic E-state index is 0.874. The first kappa shape index (κ1) is 5.76. The Bertz CT molecular complexity index is 120. The maximum atomic E-state index is 2.43. The van der Waals surface area contributed by atoms with Gasteiger partial charge in [-0.25, -0.2) is 0 Å². The molecule has 2 aliphatic rings. The van der Waals surface area contributed by atoms with Crippen LogP contribution < -0.4 is 0 Å². The lowest BCUT2D eigenvalue weighted by Gasteiger charge is -2.58. The second-order valence-electron chi connectivity index (χ2n) is 4.32. The highest BCUT2D eigenvalue weighted by atomic mass is 14.6. The molecule has 9 heavy (non-hydrogen) atoms. The van der Waals surface area contributed by atoms with Crippen LogP contribution in [-0.4, -0.2) is 0 Å². The highest BCUT2D eigenvalue weighted by Crippen LogP contribution is 2.61. The molecule has 0 nitrogen and oxygen atoms in total. The Morgan fingerprint density at radius 3 is 2.00 bits per heavy atom. The van der Waals surface area contributed by atoms with Crippen molar-refractivity contribution in [2.75, 3.05) is 0 Å². The molecule has 0 saturated heterocycles. The molecule has 2 aliphatic carbocycles. The van der Waals surface area contributed by atoms with Gasteiger partial charge in [0.05, 0.1) is 0 Å². The first-order valence-electron chi connectivity index (χ1n) is 4.23. The number of hydrogen-bond donors (Lipinski definition) is 0. The van der Waals surface area contributed by atoms with Crippen molar-refractivity contribution in [2.45, 2.75) is 39.5 Å². The largest absolute Gasteiger partial charge is 0.0625 e. The third-order valence-corrected chi connectivity index (χ3v) is 3.63. The molecule has 0 heteroatoms. The average molecular weight is 124 g/mol. The molecule has 2 saturated carbocycles. The lowest BCUT2D eigenvalue weighted by atomic mass is 9.47. The average Bonchev–Trinajstić information content (AvgIpc) is 1.77. The summed E-state index contributed by atoms with van der Waals surface area (Å²) in [7, 11) is 0. The zero-order valence-corrected chi connectivity index (χ0v) is 6.48. The van der Waals surface area contributed by atoms with Gasteiger partial charge in [-0.1, -0.05) is 13.8 Å². The van der Waals surface area contributed by atoms with E-state index in [4.69, 9.17) is 0 Å². The molecule has 0 aromatic carbocycles. The van der Waals surface area contributed by atoms with E-state index in [1.54, 1.807) is 6.42 Å². The van der Waals surface area contributed by atoms with Crippen LogP contribution in [0.15, 0.2) is 0 Å². The van der Waals surface area contributed by atoms with E-state index in [2.05, 4.69) is 13.8 Å². The minimum Gasteiger partial charge on any atom is -0.0625 e. The molecule has 0 amide bonds. The third kappa shape index (κ3) is 0.595. The van der Waals surface area contributed by atoms with Gasteiger partial charge in [-0.05, 0) is 42.9 Å². The monoisotopic (exact) mass is 124 g/mol. The highest BCUT2D eigenvalue weighted by Gasteiger charge is 2.51. The Morgan fingerprint density at radius 2 is 1.89 bits per heavy atom. The normalized spacial score (nSPS) is 56.7. The number of rotatable bonds is 0. The highest BCUT2D eigenvalue weighted by molar-refractivity contribution is 5.01. The van der Waals surface area contributed by atoms with Crippen LogP contribution in [0, 0.1) is 17.3 Å². The predicted octanol–water partition coefficient (Wildman–Crippen LogP) is 2.83. The number of hydrogen-bond acceptors (Lipinski definition) is 0. The van der Waals surface area contributed by atoms with E-state index in [-0.39, 0.29) is 0 Å². The van der Waals surface area contributed by atoms with E-state index in [1.807, 2.05) is 0 Å². The summed E-state index contributed by atoms with van der Waals surface area (Å²) in [6.07, 6.45) is 6.12. The van der Waals surface area contributed by atoms with Gasteiger partial charge < -0.3 is 0 Å². The zero-order valence-electron chi connectivity index (χ0n) is 6.48. The van der Waals surface area contributed by atoms with Gasteiger partial charge in [-0.15, -0.1) is 0 Å². The lowest BCUT2D eigenvalue weighted by molar-refractivity contribution is -0.0749. The topological polar surface area (TPSA) is 0 Å². The molecular formula is C9H16. The van der Waals surface area contributed by atoms with Crippen molar-refractivity contribution in [3.63, 3.8) is 0 Å². The van der Waals surface area contributed by atoms with E-state index in [1.165, 1.54) is 19.3 Å². The quantitative estimate of drug-likeness (QED) is 0.466. The van der Waals surface area contributed by atoms with Crippen LogP contribution >= 0.6 is 0 Å².